The summed E-state index contributed by atoms with van der Waals surface area (Å²) in [7, 11) is 0. The smallest absolute Gasteiger partial charge is 0.237 e. The molecule has 0 atom stereocenters. The van der Waals surface area contributed by atoms with E-state index >= 15 is 0 Å². The van der Waals surface area contributed by atoms with Crippen molar-refractivity contribution in [1.82, 2.24) is 14.8 Å². The van der Waals surface area contributed by atoms with E-state index in [2.05, 4.69) is 35.3 Å². The molecule has 4 rings (SSSR count). The number of benzene rings is 2. The molecule has 0 saturated carbocycles. The molecule has 6 heteroatoms. The summed E-state index contributed by atoms with van der Waals surface area (Å²) >= 11 is 1.44. The second-order valence-electron chi connectivity index (χ2n) is 6.42. The van der Waals surface area contributed by atoms with Crippen molar-refractivity contribution in [2.75, 3.05) is 17.2 Å². The van der Waals surface area contributed by atoms with Crippen LogP contribution in [0.5, 0.6) is 0 Å². The highest BCUT2D eigenvalue weighted by Gasteiger charge is 2.24. The van der Waals surface area contributed by atoms with Crippen LogP contribution in [0.2, 0.25) is 0 Å². The van der Waals surface area contributed by atoms with Gasteiger partial charge in [-0.3, -0.25) is 9.36 Å². The van der Waals surface area contributed by atoms with E-state index in [4.69, 9.17) is 0 Å². The van der Waals surface area contributed by atoms with Gasteiger partial charge in [-0.25, -0.2) is 0 Å². The van der Waals surface area contributed by atoms with E-state index in [-0.39, 0.29) is 5.91 Å². The Labute approximate surface area is 157 Å². The fourth-order valence-corrected chi connectivity index (χ4v) is 4.18. The molecule has 26 heavy (non-hydrogen) atoms. The number of thioether (sulfide) groups is 1. The average Bonchev–Trinajstić information content (AvgIpc) is 3.23. The Morgan fingerprint density at radius 1 is 1.12 bits per heavy atom. The molecule has 5 nitrogen and oxygen atoms in total. The molecule has 0 aliphatic carbocycles. The molecule has 0 N–H and O–H groups in total. The number of para-hydroxylation sites is 1. The summed E-state index contributed by atoms with van der Waals surface area (Å²) in [6, 6.07) is 16.3. The predicted octanol–water partition coefficient (Wildman–Crippen LogP) is 3.57. The first kappa shape index (κ1) is 16.8. The van der Waals surface area contributed by atoms with E-state index in [9.17, 15) is 4.79 Å². The van der Waals surface area contributed by atoms with E-state index < -0.39 is 0 Å². The van der Waals surface area contributed by atoms with Gasteiger partial charge in [0, 0.05) is 17.9 Å². The summed E-state index contributed by atoms with van der Waals surface area (Å²) in [6.07, 6.45) is 0.922. The van der Waals surface area contributed by atoms with Crippen LogP contribution in [-0.4, -0.2) is 33.0 Å². The molecule has 2 aromatic carbocycles. The number of fused-ring (bicyclic) bond motifs is 1. The van der Waals surface area contributed by atoms with Crippen molar-refractivity contribution in [3.8, 4) is 5.69 Å². The molecule has 1 aliphatic rings. The normalized spacial score (nSPS) is 13.1. The summed E-state index contributed by atoms with van der Waals surface area (Å²) in [5.41, 5.74) is 4.48. The molecular formula is C20H20N4OS. The van der Waals surface area contributed by atoms with E-state index in [1.54, 1.807) is 0 Å². The Morgan fingerprint density at radius 3 is 2.81 bits per heavy atom. The van der Waals surface area contributed by atoms with Crippen LogP contribution in [0, 0.1) is 13.8 Å². The molecule has 3 aromatic rings. The van der Waals surface area contributed by atoms with Gasteiger partial charge in [0.15, 0.2) is 5.16 Å². The number of hydrogen-bond acceptors (Lipinski definition) is 4. The minimum absolute atomic E-state index is 0.108. The SMILES string of the molecule is Cc1cccc(-n2c(C)nnc2SCC(=O)N2CCc3ccccc32)c1. The van der Waals surface area contributed by atoms with E-state index in [1.807, 2.05) is 46.7 Å². The van der Waals surface area contributed by atoms with Crippen LogP contribution in [0.4, 0.5) is 5.69 Å². The van der Waals surface area contributed by atoms with Crippen molar-refractivity contribution in [2.45, 2.75) is 25.4 Å². The Bertz CT molecular complexity index is 966. The van der Waals surface area contributed by atoms with Crippen molar-refractivity contribution in [3.05, 3.63) is 65.5 Å². The van der Waals surface area contributed by atoms with Gasteiger partial charge >= 0.3 is 0 Å². The first-order chi connectivity index (χ1) is 12.6. The molecular weight excluding hydrogens is 344 g/mol. The van der Waals surface area contributed by atoms with Crippen LogP contribution in [0.3, 0.4) is 0 Å². The number of aryl methyl sites for hydroxylation is 2. The lowest BCUT2D eigenvalue weighted by atomic mass is 10.2. The number of carbonyl (C=O) groups is 1. The number of aromatic nitrogens is 3. The third-order valence-electron chi connectivity index (χ3n) is 4.57. The molecule has 0 fully saturated rings. The zero-order valence-electron chi connectivity index (χ0n) is 14.8. The summed E-state index contributed by atoms with van der Waals surface area (Å²) in [6.45, 7) is 4.74. The van der Waals surface area contributed by atoms with Gasteiger partial charge in [-0.05, 0) is 49.6 Å². The van der Waals surface area contributed by atoms with Crippen LogP contribution < -0.4 is 4.90 Å². The lowest BCUT2D eigenvalue weighted by Crippen LogP contribution is -2.30. The van der Waals surface area contributed by atoms with Crippen molar-refractivity contribution in [2.24, 2.45) is 0 Å². The van der Waals surface area contributed by atoms with Gasteiger partial charge < -0.3 is 4.90 Å². The third kappa shape index (κ3) is 3.12. The molecule has 2 heterocycles. The average molecular weight is 364 g/mol. The number of hydrogen-bond donors (Lipinski definition) is 0. The van der Waals surface area contributed by atoms with Gasteiger partial charge in [-0.2, -0.15) is 0 Å². The fraction of sp³-hybridized carbons (Fsp3) is 0.250. The highest BCUT2D eigenvalue weighted by atomic mass is 32.2. The number of carbonyl (C=O) groups excluding carboxylic acids is 1. The van der Waals surface area contributed by atoms with Crippen LogP contribution in [0.25, 0.3) is 5.69 Å². The van der Waals surface area contributed by atoms with Crippen molar-refractivity contribution >= 4 is 23.4 Å². The molecule has 0 saturated heterocycles. The van der Waals surface area contributed by atoms with Crippen molar-refractivity contribution in [1.29, 1.82) is 0 Å². The number of nitrogens with zero attached hydrogens (tertiary/aromatic N) is 4. The molecule has 132 valence electrons. The second kappa shape index (κ2) is 6.96. The summed E-state index contributed by atoms with van der Waals surface area (Å²) < 4.78 is 2.00. The van der Waals surface area contributed by atoms with Crippen LogP contribution in [-0.2, 0) is 11.2 Å². The molecule has 1 aromatic heterocycles. The summed E-state index contributed by atoms with van der Waals surface area (Å²) in [5, 5.41) is 9.22. The van der Waals surface area contributed by atoms with Crippen molar-refractivity contribution in [3.63, 3.8) is 0 Å². The lowest BCUT2D eigenvalue weighted by molar-refractivity contribution is -0.116. The summed E-state index contributed by atoms with van der Waals surface area (Å²) in [4.78, 5) is 14.6. The third-order valence-corrected chi connectivity index (χ3v) is 5.48. The maximum absolute atomic E-state index is 12.7. The minimum Gasteiger partial charge on any atom is -0.311 e. The molecule has 0 bridgehead atoms. The largest absolute Gasteiger partial charge is 0.311 e. The number of rotatable bonds is 4. The highest BCUT2D eigenvalue weighted by molar-refractivity contribution is 7.99. The second-order valence-corrected chi connectivity index (χ2v) is 7.36. The van der Waals surface area contributed by atoms with Crippen molar-refractivity contribution < 1.29 is 4.79 Å². The van der Waals surface area contributed by atoms with E-state index in [0.29, 0.717) is 5.75 Å². The summed E-state index contributed by atoms with van der Waals surface area (Å²) in [5.74, 6) is 1.27. The Hall–Kier alpha value is -2.60. The van der Waals surface area contributed by atoms with Gasteiger partial charge in [-0.15, -0.1) is 10.2 Å². The fourth-order valence-electron chi connectivity index (χ4n) is 3.30. The number of anilines is 1. The van der Waals surface area contributed by atoms with Gasteiger partial charge in [0.25, 0.3) is 0 Å². The molecule has 1 amide bonds. The van der Waals surface area contributed by atoms with E-state index in [0.717, 1.165) is 35.3 Å². The molecule has 0 unspecified atom stereocenters. The topological polar surface area (TPSA) is 51.0 Å². The maximum atomic E-state index is 12.7. The molecule has 0 radical (unpaired) electrons. The first-order valence-electron chi connectivity index (χ1n) is 8.63. The Balaban J connectivity index is 1.52. The van der Waals surface area contributed by atoms with E-state index in [1.165, 1.54) is 22.9 Å². The number of amides is 1. The van der Waals surface area contributed by atoms with Gasteiger partial charge in [0.1, 0.15) is 5.82 Å². The standard InChI is InChI=1S/C20H20N4OS/c1-14-6-5-8-17(12-14)24-15(2)21-22-20(24)26-13-19(25)23-11-10-16-7-3-4-9-18(16)23/h3-9,12H,10-11,13H2,1-2H3. The molecule has 0 spiro atoms. The van der Waals surface area contributed by atoms with Gasteiger partial charge in [0.05, 0.1) is 5.75 Å². The van der Waals surface area contributed by atoms with Gasteiger partial charge in [0.2, 0.25) is 5.91 Å². The van der Waals surface area contributed by atoms with Crippen LogP contribution in [0.1, 0.15) is 17.0 Å². The zero-order chi connectivity index (χ0) is 18.1. The zero-order valence-corrected chi connectivity index (χ0v) is 15.7. The van der Waals surface area contributed by atoms with Crippen LogP contribution >= 0.6 is 11.8 Å². The Kier molecular flexibility index (Phi) is 4.51. The lowest BCUT2D eigenvalue weighted by Gasteiger charge is -2.17. The van der Waals surface area contributed by atoms with Gasteiger partial charge in [-0.1, -0.05) is 42.1 Å². The Morgan fingerprint density at radius 2 is 1.96 bits per heavy atom. The monoisotopic (exact) mass is 364 g/mol. The highest BCUT2D eigenvalue weighted by Crippen LogP contribution is 2.29. The quantitative estimate of drug-likeness (QED) is 0.664. The molecule has 1 aliphatic heterocycles. The minimum atomic E-state index is 0.108. The maximum Gasteiger partial charge on any atom is 0.237 e. The first-order valence-corrected chi connectivity index (χ1v) is 9.62. The predicted molar refractivity (Wildman–Crippen MR) is 104 cm³/mol. The van der Waals surface area contributed by atoms with Crippen LogP contribution in [0.15, 0.2) is 53.7 Å².